The molecule has 4 rings (SSSR count). The van der Waals surface area contributed by atoms with E-state index in [1.807, 2.05) is 5.57 Å². The van der Waals surface area contributed by atoms with Gasteiger partial charge in [-0.25, -0.2) is 0 Å². The van der Waals surface area contributed by atoms with Gasteiger partial charge in [0.05, 0.1) is 0 Å². The molecular formula is C30H48O. The van der Waals surface area contributed by atoms with Gasteiger partial charge in [-0.1, -0.05) is 76.0 Å². The number of aliphatic hydroxyl groups is 1. The van der Waals surface area contributed by atoms with E-state index in [4.69, 9.17) is 0 Å². The van der Waals surface area contributed by atoms with Crippen molar-refractivity contribution in [1.29, 1.82) is 0 Å². The number of hydrogen-bond donors (Lipinski definition) is 1. The van der Waals surface area contributed by atoms with E-state index in [2.05, 4.69) is 52.8 Å². The van der Waals surface area contributed by atoms with E-state index in [1.54, 1.807) is 5.57 Å². The molecule has 1 N–H and O–H groups in total. The van der Waals surface area contributed by atoms with Crippen LogP contribution in [0.2, 0.25) is 0 Å². The van der Waals surface area contributed by atoms with Crippen LogP contribution in [0.4, 0.5) is 0 Å². The lowest BCUT2D eigenvalue weighted by Gasteiger charge is -2.54. The van der Waals surface area contributed by atoms with E-state index in [1.165, 1.54) is 69.8 Å². The predicted octanol–water partition coefficient (Wildman–Crippen LogP) is 8.26. The van der Waals surface area contributed by atoms with Crippen LogP contribution in [-0.2, 0) is 0 Å². The molecule has 0 aromatic rings. The van der Waals surface area contributed by atoms with Crippen molar-refractivity contribution in [2.24, 2.45) is 40.4 Å². The Balaban J connectivity index is 1.49. The van der Waals surface area contributed by atoms with Crippen LogP contribution in [0.15, 0.2) is 34.9 Å². The molecule has 7 atom stereocenters. The lowest BCUT2D eigenvalue weighted by molar-refractivity contribution is 0.0482. The van der Waals surface area contributed by atoms with Crippen LogP contribution in [0.5, 0.6) is 0 Å². The fraction of sp³-hybridized carbons (Fsp3) is 0.800. The van der Waals surface area contributed by atoms with Gasteiger partial charge in [0.2, 0.25) is 0 Å². The van der Waals surface area contributed by atoms with E-state index in [-0.39, 0.29) is 6.61 Å². The van der Waals surface area contributed by atoms with Crippen LogP contribution < -0.4 is 0 Å². The molecule has 0 bridgehead atoms. The zero-order valence-corrected chi connectivity index (χ0v) is 21.1. The summed E-state index contributed by atoms with van der Waals surface area (Å²) in [5, 5.41) is 9.67. The van der Waals surface area contributed by atoms with Crippen LogP contribution in [0.3, 0.4) is 0 Å². The molecule has 4 aliphatic carbocycles. The summed E-state index contributed by atoms with van der Waals surface area (Å²) >= 11 is 0. The number of fused-ring (bicyclic) bond motifs is 5. The molecule has 174 valence electrons. The first-order valence-electron chi connectivity index (χ1n) is 13.6. The summed E-state index contributed by atoms with van der Waals surface area (Å²) in [6, 6.07) is 0. The third kappa shape index (κ3) is 4.03. The van der Waals surface area contributed by atoms with Crippen molar-refractivity contribution in [3.63, 3.8) is 0 Å². The Labute approximate surface area is 192 Å². The average molecular weight is 425 g/mol. The molecule has 0 aromatic carbocycles. The van der Waals surface area contributed by atoms with Crippen molar-refractivity contribution in [2.45, 2.75) is 105 Å². The van der Waals surface area contributed by atoms with Gasteiger partial charge < -0.3 is 5.11 Å². The van der Waals surface area contributed by atoms with Gasteiger partial charge in [0.1, 0.15) is 0 Å². The van der Waals surface area contributed by atoms with Crippen LogP contribution >= 0.6 is 0 Å². The highest BCUT2D eigenvalue weighted by Gasteiger charge is 2.56. The van der Waals surface area contributed by atoms with Crippen LogP contribution in [0, 0.1) is 40.4 Å². The van der Waals surface area contributed by atoms with Crippen molar-refractivity contribution >= 4 is 0 Å². The average Bonchev–Trinajstić information content (AvgIpc) is 3.12. The number of hydrogen-bond acceptors (Lipinski definition) is 1. The zero-order chi connectivity index (χ0) is 22.2. The normalized spacial score (nSPS) is 39.7. The molecule has 31 heavy (non-hydrogen) atoms. The lowest BCUT2D eigenvalue weighted by Crippen LogP contribution is -2.45. The van der Waals surface area contributed by atoms with E-state index in [0.29, 0.717) is 16.7 Å². The summed E-state index contributed by atoms with van der Waals surface area (Å²) in [5.74, 6) is 3.59. The van der Waals surface area contributed by atoms with Gasteiger partial charge in [0.15, 0.2) is 0 Å². The second-order valence-electron chi connectivity index (χ2n) is 12.1. The van der Waals surface area contributed by atoms with Crippen molar-refractivity contribution in [3.05, 3.63) is 34.9 Å². The van der Waals surface area contributed by atoms with Gasteiger partial charge in [-0.15, -0.1) is 0 Å². The van der Waals surface area contributed by atoms with E-state index in [0.717, 1.165) is 30.1 Å². The maximum absolute atomic E-state index is 9.67. The Morgan fingerprint density at radius 1 is 1.10 bits per heavy atom. The molecule has 3 fully saturated rings. The maximum atomic E-state index is 9.67. The van der Waals surface area contributed by atoms with Crippen LogP contribution in [0.1, 0.15) is 105 Å². The summed E-state index contributed by atoms with van der Waals surface area (Å²) < 4.78 is 0. The predicted molar refractivity (Wildman–Crippen MR) is 133 cm³/mol. The van der Waals surface area contributed by atoms with E-state index < -0.39 is 0 Å². The van der Waals surface area contributed by atoms with Gasteiger partial charge in [-0.05, 0) is 98.7 Å². The molecule has 1 unspecified atom stereocenters. The van der Waals surface area contributed by atoms with Crippen LogP contribution in [0.25, 0.3) is 0 Å². The van der Waals surface area contributed by atoms with Gasteiger partial charge in [0, 0.05) is 12.5 Å². The standard InChI is InChI=1S/C30H48O/c1-6-9-23(22(3)20-31)12-11-21(2)26-15-16-27-25-14-13-24-10-7-8-18-29(24,4)28(25)17-19-30(26,27)5/h9,13-14,21-22,26-28,31H,6-8,10-12,15-20H2,1-5H3/b23-9+/t21-,22?,26-,27+,28+,29+,30-/m1/s1. The molecule has 0 aliphatic heterocycles. The Bertz CT molecular complexity index is 742. The van der Waals surface area contributed by atoms with Crippen molar-refractivity contribution in [2.75, 3.05) is 6.61 Å². The SMILES string of the molecule is CC/C=C(\CC[C@@H](C)[C@H]1CC[C@H]2C3=CC=C4CCCC[C@]4(C)[C@H]3CC[C@]12C)C(C)CO. The van der Waals surface area contributed by atoms with Crippen molar-refractivity contribution < 1.29 is 5.11 Å². The first-order chi connectivity index (χ1) is 14.8. The molecule has 1 heteroatoms. The van der Waals surface area contributed by atoms with Crippen molar-refractivity contribution in [1.82, 2.24) is 0 Å². The third-order valence-corrected chi connectivity index (χ3v) is 10.5. The summed E-state index contributed by atoms with van der Waals surface area (Å²) in [6.07, 6.45) is 22.4. The zero-order valence-electron chi connectivity index (χ0n) is 21.1. The molecule has 0 radical (unpaired) electrons. The quantitative estimate of drug-likeness (QED) is 0.408. The molecule has 3 saturated carbocycles. The summed E-state index contributed by atoms with van der Waals surface area (Å²) in [7, 11) is 0. The second-order valence-corrected chi connectivity index (χ2v) is 12.1. The fourth-order valence-electron chi connectivity index (χ4n) is 8.54. The Morgan fingerprint density at radius 3 is 2.65 bits per heavy atom. The highest BCUT2D eigenvalue weighted by atomic mass is 16.3. The molecule has 1 nitrogen and oxygen atoms in total. The topological polar surface area (TPSA) is 20.2 Å². The van der Waals surface area contributed by atoms with Gasteiger partial charge in [0.25, 0.3) is 0 Å². The largest absolute Gasteiger partial charge is 0.396 e. The number of allylic oxidation sites excluding steroid dienone is 5. The minimum atomic E-state index is 0.285. The van der Waals surface area contributed by atoms with Crippen LogP contribution in [-0.4, -0.2) is 11.7 Å². The van der Waals surface area contributed by atoms with Gasteiger partial charge in [-0.3, -0.25) is 0 Å². The fourth-order valence-corrected chi connectivity index (χ4v) is 8.54. The minimum absolute atomic E-state index is 0.285. The molecule has 0 spiro atoms. The van der Waals surface area contributed by atoms with E-state index in [9.17, 15) is 5.11 Å². The molecular weight excluding hydrogens is 376 g/mol. The second kappa shape index (κ2) is 9.20. The number of aliphatic hydroxyl groups excluding tert-OH is 1. The summed E-state index contributed by atoms with van der Waals surface area (Å²) in [4.78, 5) is 0. The molecule has 0 amide bonds. The summed E-state index contributed by atoms with van der Waals surface area (Å²) in [6.45, 7) is 12.5. The smallest absolute Gasteiger partial charge is 0.0493 e. The first kappa shape index (κ1) is 23.3. The third-order valence-electron chi connectivity index (χ3n) is 10.5. The van der Waals surface area contributed by atoms with Gasteiger partial charge >= 0.3 is 0 Å². The lowest BCUT2D eigenvalue weighted by atomic mass is 9.50. The highest BCUT2D eigenvalue weighted by Crippen LogP contribution is 2.66. The minimum Gasteiger partial charge on any atom is -0.396 e. The molecule has 0 heterocycles. The summed E-state index contributed by atoms with van der Waals surface area (Å²) in [5.41, 5.74) is 6.06. The van der Waals surface area contributed by atoms with Gasteiger partial charge in [-0.2, -0.15) is 0 Å². The molecule has 0 aromatic heterocycles. The van der Waals surface area contributed by atoms with E-state index >= 15 is 0 Å². The first-order valence-corrected chi connectivity index (χ1v) is 13.6. The number of rotatable bonds is 7. The molecule has 4 aliphatic rings. The molecule has 0 saturated heterocycles. The Morgan fingerprint density at radius 2 is 1.90 bits per heavy atom. The Hall–Kier alpha value is -0.820. The maximum Gasteiger partial charge on any atom is 0.0493 e. The van der Waals surface area contributed by atoms with Crippen molar-refractivity contribution in [3.8, 4) is 0 Å². The Kier molecular flexibility index (Phi) is 6.93. The highest BCUT2D eigenvalue weighted by molar-refractivity contribution is 5.38. The monoisotopic (exact) mass is 424 g/mol.